The maximum Gasteiger partial charge on any atom is 0.270 e. The number of hydrogen-bond donors (Lipinski definition) is 1. The molecular formula is C11H16N2O3. The van der Waals surface area contributed by atoms with Gasteiger partial charge in [-0.1, -0.05) is 13.7 Å². The van der Waals surface area contributed by atoms with Gasteiger partial charge in [-0.2, -0.15) is 0 Å². The number of nitro benzene ring substituents is 1. The van der Waals surface area contributed by atoms with Crippen molar-refractivity contribution >= 4 is 5.69 Å². The van der Waals surface area contributed by atoms with Gasteiger partial charge in [-0.25, -0.2) is 0 Å². The van der Waals surface area contributed by atoms with E-state index in [0.717, 1.165) is 18.2 Å². The summed E-state index contributed by atoms with van der Waals surface area (Å²) in [6.45, 7) is -14.8. The normalized spacial score (nSPS) is 23.3. The molecule has 1 N–H and O–H groups in total. The maximum atomic E-state index is 10.8. The number of rotatable bonds is 5. The first kappa shape index (κ1) is 4.33. The third-order valence-corrected chi connectivity index (χ3v) is 1.87. The summed E-state index contributed by atoms with van der Waals surface area (Å²) in [6.07, 6.45) is 0. The third-order valence-electron chi connectivity index (χ3n) is 1.87. The van der Waals surface area contributed by atoms with Crippen LogP contribution in [0.1, 0.15) is 33.0 Å². The van der Waals surface area contributed by atoms with Crippen molar-refractivity contribution < 1.29 is 23.7 Å². The van der Waals surface area contributed by atoms with Crippen molar-refractivity contribution in [2.24, 2.45) is 0 Å². The van der Waals surface area contributed by atoms with Crippen LogP contribution in [0.4, 0.5) is 5.69 Å². The van der Waals surface area contributed by atoms with E-state index in [1.54, 1.807) is 0 Å². The van der Waals surface area contributed by atoms with E-state index in [1.165, 1.54) is 0 Å². The molecular weight excluding hydrogens is 208 g/mol. The molecule has 16 heavy (non-hydrogen) atoms. The Hall–Kier alpha value is -1.62. The fraction of sp³-hybridized carbons (Fsp3) is 0.455. The highest BCUT2D eigenvalue weighted by Crippen LogP contribution is 2.24. The lowest BCUT2D eigenvalue weighted by atomic mass is 10.1. The second-order valence-electron chi connectivity index (χ2n) is 2.88. The molecule has 1 rings (SSSR count). The van der Waals surface area contributed by atoms with Crippen LogP contribution in [0.5, 0.6) is 5.75 Å². The molecule has 0 atom stereocenters. The highest BCUT2D eigenvalue weighted by Gasteiger charge is 2.11. The van der Waals surface area contributed by atoms with Crippen molar-refractivity contribution in [2.45, 2.75) is 20.2 Å². The number of hydrogen-bond acceptors (Lipinski definition) is 4. The second-order valence-corrected chi connectivity index (χ2v) is 2.88. The van der Waals surface area contributed by atoms with Gasteiger partial charge in [-0.05, 0) is 19.1 Å². The van der Waals surface area contributed by atoms with Crippen molar-refractivity contribution in [3.05, 3.63) is 33.9 Å². The molecule has 88 valence electrons. The van der Waals surface area contributed by atoms with Gasteiger partial charge < -0.3 is 5.11 Å². The monoisotopic (exact) mass is 234 g/mol. The van der Waals surface area contributed by atoms with E-state index in [1.807, 2.05) is 0 Å². The predicted molar refractivity (Wildman–Crippen MR) is 61.4 cm³/mol. The Morgan fingerprint density at radius 3 is 2.81 bits per heavy atom. The van der Waals surface area contributed by atoms with Crippen LogP contribution >= 0.6 is 0 Å². The van der Waals surface area contributed by atoms with Crippen molar-refractivity contribution in [3.8, 4) is 5.75 Å². The van der Waals surface area contributed by atoms with Crippen LogP contribution in [-0.2, 0) is 6.54 Å². The summed E-state index contributed by atoms with van der Waals surface area (Å²) in [5.41, 5.74) is -0.929. The summed E-state index contributed by atoms with van der Waals surface area (Å²) in [4.78, 5) is 9.93. The standard InChI is InChI=1S/C11H16N2O3/c1-3-12(4-2)8-9-7-10(13(15)16)5-6-11(9)14/h5-7,14H,3-4,8H2,1-2H3/i1D3,2D3,3D2,4D2. The van der Waals surface area contributed by atoms with Gasteiger partial charge in [0.25, 0.3) is 5.69 Å². The van der Waals surface area contributed by atoms with Crippen LogP contribution in [-0.4, -0.2) is 27.9 Å². The zero-order valence-electron chi connectivity index (χ0n) is 18.1. The molecule has 0 saturated carbocycles. The van der Waals surface area contributed by atoms with Gasteiger partial charge in [0.15, 0.2) is 0 Å². The van der Waals surface area contributed by atoms with Gasteiger partial charge in [-0.15, -0.1) is 0 Å². The minimum Gasteiger partial charge on any atom is -0.508 e. The number of non-ortho nitro benzene ring substituents is 1. The first-order valence-electron chi connectivity index (χ1n) is 9.17. The van der Waals surface area contributed by atoms with Crippen LogP contribution in [0.25, 0.3) is 0 Å². The Morgan fingerprint density at radius 1 is 1.56 bits per heavy atom. The lowest BCUT2D eigenvalue weighted by Gasteiger charge is -2.18. The van der Waals surface area contributed by atoms with Crippen molar-refractivity contribution in [1.82, 2.24) is 4.90 Å². The Labute approximate surface area is 109 Å². The van der Waals surface area contributed by atoms with E-state index in [-0.39, 0.29) is 4.90 Å². The van der Waals surface area contributed by atoms with Crippen molar-refractivity contribution in [2.75, 3.05) is 13.0 Å². The average Bonchev–Trinajstić information content (AvgIpc) is 2.43. The topological polar surface area (TPSA) is 66.6 Å². The van der Waals surface area contributed by atoms with Crippen LogP contribution < -0.4 is 0 Å². The molecule has 0 heterocycles. The van der Waals surface area contributed by atoms with Gasteiger partial charge in [0.1, 0.15) is 5.75 Å². The Morgan fingerprint density at radius 2 is 2.25 bits per heavy atom. The molecule has 0 aliphatic rings. The number of nitrogens with zero attached hydrogens (tertiary/aromatic N) is 2. The molecule has 0 unspecified atom stereocenters. The molecule has 0 bridgehead atoms. The fourth-order valence-electron chi connectivity index (χ4n) is 1.09. The van der Waals surface area contributed by atoms with E-state index in [2.05, 4.69) is 0 Å². The van der Waals surface area contributed by atoms with Gasteiger partial charge >= 0.3 is 0 Å². The lowest BCUT2D eigenvalue weighted by molar-refractivity contribution is -0.385. The quantitative estimate of drug-likeness (QED) is 0.626. The predicted octanol–water partition coefficient (Wildman–Crippen LogP) is 2.14. The smallest absolute Gasteiger partial charge is 0.270 e. The van der Waals surface area contributed by atoms with E-state index in [0.29, 0.717) is 0 Å². The molecule has 5 nitrogen and oxygen atoms in total. The Bertz CT molecular complexity index is 660. The first-order chi connectivity index (χ1) is 11.4. The van der Waals surface area contributed by atoms with E-state index < -0.39 is 55.2 Å². The summed E-state index contributed by atoms with van der Waals surface area (Å²) in [7, 11) is 0. The molecule has 0 aliphatic carbocycles. The highest BCUT2D eigenvalue weighted by molar-refractivity contribution is 5.42. The van der Waals surface area contributed by atoms with Crippen LogP contribution in [0.2, 0.25) is 0 Å². The molecule has 0 aromatic heterocycles. The molecule has 0 radical (unpaired) electrons. The number of phenolic OH excluding ortho intramolecular Hbond substituents is 1. The summed E-state index contributed by atoms with van der Waals surface area (Å²) in [5, 5.41) is 20.7. The van der Waals surface area contributed by atoms with Gasteiger partial charge in [0.05, 0.1) is 4.92 Å². The van der Waals surface area contributed by atoms with Crippen LogP contribution in [0.15, 0.2) is 18.2 Å². The number of aromatic hydroxyl groups is 1. The summed E-state index contributed by atoms with van der Waals surface area (Å²) >= 11 is 0. The fourth-order valence-corrected chi connectivity index (χ4v) is 1.09. The summed E-state index contributed by atoms with van der Waals surface area (Å²) in [6, 6.07) is 2.61. The Kier molecular flexibility index (Phi) is 1.48. The number of phenols is 1. The van der Waals surface area contributed by atoms with Crippen LogP contribution in [0, 0.1) is 10.1 Å². The molecule has 1 aromatic rings. The summed E-state index contributed by atoms with van der Waals surface area (Å²) < 4.78 is 74.7. The zero-order valence-corrected chi connectivity index (χ0v) is 8.10. The van der Waals surface area contributed by atoms with E-state index >= 15 is 0 Å². The molecule has 0 saturated heterocycles. The van der Waals surface area contributed by atoms with E-state index in [9.17, 15) is 15.2 Å². The Balaban J connectivity index is 3.55. The number of benzene rings is 1. The molecule has 0 amide bonds. The van der Waals surface area contributed by atoms with Crippen LogP contribution in [0.3, 0.4) is 0 Å². The molecule has 0 spiro atoms. The maximum absolute atomic E-state index is 10.8. The average molecular weight is 234 g/mol. The minimum absolute atomic E-state index is 0.0845. The molecule has 5 heteroatoms. The van der Waals surface area contributed by atoms with Gasteiger partial charge in [0.2, 0.25) is 0 Å². The zero-order chi connectivity index (χ0) is 20.7. The SMILES string of the molecule is [2H]C([2H])([2H])C([2H])([2H])N(Cc1cc([N+](=O)[O-])ccc1O)C([2H])([2H])C([2H])([2H])[2H]. The van der Waals surface area contributed by atoms with Gasteiger partial charge in [0, 0.05) is 37.9 Å². The van der Waals surface area contributed by atoms with Crippen molar-refractivity contribution in [1.29, 1.82) is 0 Å². The second kappa shape index (κ2) is 5.46. The molecule has 0 fully saturated rings. The van der Waals surface area contributed by atoms with E-state index in [4.69, 9.17) is 13.7 Å². The van der Waals surface area contributed by atoms with Crippen molar-refractivity contribution in [3.63, 3.8) is 0 Å². The lowest BCUT2D eigenvalue weighted by Crippen LogP contribution is -2.22. The van der Waals surface area contributed by atoms with Gasteiger partial charge in [-0.3, -0.25) is 15.0 Å². The highest BCUT2D eigenvalue weighted by atomic mass is 16.6. The molecule has 0 aliphatic heterocycles. The first-order valence-corrected chi connectivity index (χ1v) is 4.17. The number of nitro groups is 1. The largest absolute Gasteiger partial charge is 0.508 e. The third kappa shape index (κ3) is 2.93. The molecule has 1 aromatic carbocycles. The summed E-state index contributed by atoms with van der Waals surface area (Å²) in [5.74, 6) is -0.608. The minimum atomic E-state index is -3.46.